The van der Waals surface area contributed by atoms with Crippen LogP contribution in [0.1, 0.15) is 28.4 Å². The summed E-state index contributed by atoms with van der Waals surface area (Å²) in [6.45, 7) is 0. The van der Waals surface area contributed by atoms with Crippen molar-refractivity contribution in [1.82, 2.24) is 0 Å². The van der Waals surface area contributed by atoms with Crippen molar-refractivity contribution in [3.63, 3.8) is 0 Å². The number of hydrogen-bond donors (Lipinski definition) is 4. The average Bonchev–Trinajstić information content (AvgIpc) is 2.31. The van der Waals surface area contributed by atoms with E-state index in [1.165, 1.54) is 0 Å². The van der Waals surface area contributed by atoms with Gasteiger partial charge in [0.25, 0.3) is 0 Å². The number of carboxylic acid groups (broad SMARTS) is 1. The molecule has 0 aliphatic heterocycles. The summed E-state index contributed by atoms with van der Waals surface area (Å²) in [5.41, 5.74) is -0.949. The van der Waals surface area contributed by atoms with Crippen LogP contribution < -0.4 is 0 Å². The van der Waals surface area contributed by atoms with Crippen molar-refractivity contribution in [2.24, 2.45) is 0 Å². The Morgan fingerprint density at radius 1 is 1.28 bits per heavy atom. The van der Waals surface area contributed by atoms with Crippen LogP contribution >= 0.6 is 12.6 Å². The lowest BCUT2D eigenvalue weighted by molar-refractivity contribution is 0.0160. The van der Waals surface area contributed by atoms with Gasteiger partial charge in [-0.15, -0.1) is 0 Å². The highest BCUT2D eigenvalue weighted by Gasteiger charge is 2.25. The number of rotatable bonds is 5. The van der Waals surface area contributed by atoms with Gasteiger partial charge in [-0.05, 0) is 24.3 Å². The number of aliphatic hydroxyl groups excluding tert-OH is 2. The maximum Gasteiger partial charge on any atom is 0.336 e. The molecule has 3 N–H and O–H groups in total. The summed E-state index contributed by atoms with van der Waals surface area (Å²) >= 11 is 3.85. The Labute approximate surface area is 107 Å². The number of aromatic carboxylic acids is 1. The molecular weight excluding hydrogens is 266 g/mol. The second-order valence-corrected chi connectivity index (χ2v) is 4.13. The molecule has 0 heterocycles. The summed E-state index contributed by atoms with van der Waals surface area (Å²) < 4.78 is 26.0. The zero-order chi connectivity index (χ0) is 13.9. The van der Waals surface area contributed by atoms with Gasteiger partial charge in [0.2, 0.25) is 0 Å². The monoisotopic (exact) mass is 278 g/mol. The molecule has 0 fully saturated rings. The van der Waals surface area contributed by atoms with Crippen molar-refractivity contribution >= 4 is 18.6 Å². The normalized spacial score (nSPS) is 14.3. The van der Waals surface area contributed by atoms with Gasteiger partial charge in [0.15, 0.2) is 11.6 Å². The Hall–Kier alpha value is -1.18. The van der Waals surface area contributed by atoms with E-state index in [0.29, 0.717) is 12.1 Å². The molecule has 4 nitrogen and oxygen atoms in total. The third-order valence-electron chi connectivity index (χ3n) is 2.43. The predicted molar refractivity (Wildman–Crippen MR) is 62.8 cm³/mol. The van der Waals surface area contributed by atoms with Gasteiger partial charge in [0.1, 0.15) is 6.10 Å². The lowest BCUT2D eigenvalue weighted by Crippen LogP contribution is -2.21. The molecule has 0 spiro atoms. The highest BCUT2D eigenvalue weighted by molar-refractivity contribution is 7.80. The smallest absolute Gasteiger partial charge is 0.336 e. The summed E-state index contributed by atoms with van der Waals surface area (Å²) in [6.07, 6.45) is -2.83. The maximum absolute atomic E-state index is 13.1. The van der Waals surface area contributed by atoms with Crippen LogP contribution in [0.25, 0.3) is 0 Å². The summed E-state index contributed by atoms with van der Waals surface area (Å²) in [5, 5.41) is 28.1. The lowest BCUT2D eigenvalue weighted by Gasteiger charge is -2.19. The van der Waals surface area contributed by atoms with Crippen LogP contribution in [0.4, 0.5) is 8.78 Å². The molecule has 0 bridgehead atoms. The van der Waals surface area contributed by atoms with Crippen LogP contribution in [-0.4, -0.2) is 33.1 Å². The third-order valence-corrected chi connectivity index (χ3v) is 2.69. The number of benzene rings is 1. The van der Waals surface area contributed by atoms with Crippen LogP contribution in [0.2, 0.25) is 0 Å². The van der Waals surface area contributed by atoms with Crippen molar-refractivity contribution in [1.29, 1.82) is 0 Å². The largest absolute Gasteiger partial charge is 0.478 e. The van der Waals surface area contributed by atoms with Crippen LogP contribution in [0.15, 0.2) is 12.1 Å². The van der Waals surface area contributed by atoms with Gasteiger partial charge in [-0.2, -0.15) is 12.6 Å². The Morgan fingerprint density at radius 3 is 2.33 bits per heavy atom. The predicted octanol–water partition coefficient (Wildman–Crippen LogP) is 1.38. The van der Waals surface area contributed by atoms with E-state index in [2.05, 4.69) is 12.6 Å². The second kappa shape index (κ2) is 6.12. The first kappa shape index (κ1) is 14.9. The molecule has 0 radical (unpaired) electrons. The topological polar surface area (TPSA) is 77.8 Å². The zero-order valence-electron chi connectivity index (χ0n) is 9.18. The summed E-state index contributed by atoms with van der Waals surface area (Å²) in [7, 11) is 0. The van der Waals surface area contributed by atoms with E-state index in [9.17, 15) is 23.8 Å². The molecular formula is C11H12F2O4S. The van der Waals surface area contributed by atoms with E-state index in [1.54, 1.807) is 0 Å². The highest BCUT2D eigenvalue weighted by Crippen LogP contribution is 2.25. The Morgan fingerprint density at radius 2 is 1.83 bits per heavy atom. The zero-order valence-corrected chi connectivity index (χ0v) is 10.1. The molecule has 2 atom stereocenters. The molecule has 0 aliphatic rings. The second-order valence-electron chi connectivity index (χ2n) is 3.68. The summed E-state index contributed by atoms with van der Waals surface area (Å²) in [4.78, 5) is 10.9. The fourth-order valence-corrected chi connectivity index (χ4v) is 1.75. The van der Waals surface area contributed by atoms with Gasteiger partial charge < -0.3 is 15.3 Å². The first-order chi connectivity index (χ1) is 8.38. The number of carbonyl (C=O) groups is 1. The minimum absolute atomic E-state index is 0.0856. The molecule has 0 aromatic heterocycles. The SMILES string of the molecule is O=C(O)c1cc(F)c(F)cc1C(O)C(O)CCS. The van der Waals surface area contributed by atoms with Gasteiger partial charge in [-0.3, -0.25) is 0 Å². The Kier molecular flexibility index (Phi) is 5.06. The van der Waals surface area contributed by atoms with Crippen molar-refractivity contribution in [2.45, 2.75) is 18.6 Å². The van der Waals surface area contributed by atoms with Gasteiger partial charge >= 0.3 is 5.97 Å². The highest BCUT2D eigenvalue weighted by atomic mass is 32.1. The quantitative estimate of drug-likeness (QED) is 0.614. The number of carboxylic acids is 1. The first-order valence-corrected chi connectivity index (χ1v) is 5.71. The van der Waals surface area contributed by atoms with Crippen LogP contribution in [0, 0.1) is 11.6 Å². The van der Waals surface area contributed by atoms with Gasteiger partial charge in [0, 0.05) is 5.56 Å². The molecule has 1 aromatic rings. The Balaban J connectivity index is 3.21. The van der Waals surface area contributed by atoms with Crippen molar-refractivity contribution < 1.29 is 28.9 Å². The van der Waals surface area contributed by atoms with Gasteiger partial charge in [-0.25, -0.2) is 13.6 Å². The third kappa shape index (κ3) is 3.18. The van der Waals surface area contributed by atoms with Crippen molar-refractivity contribution in [3.8, 4) is 0 Å². The fourth-order valence-electron chi connectivity index (χ4n) is 1.49. The van der Waals surface area contributed by atoms with Crippen molar-refractivity contribution in [2.75, 3.05) is 5.75 Å². The summed E-state index contributed by atoms with van der Waals surface area (Å²) in [6, 6.07) is 1.05. The standard InChI is InChI=1S/C11H12F2O4S/c12-7-3-5(10(15)9(14)1-2-18)6(11(16)17)4-8(7)13/h3-4,9-10,14-15,18H,1-2H2,(H,16,17). The molecule has 1 aromatic carbocycles. The molecule has 100 valence electrons. The maximum atomic E-state index is 13.1. The molecule has 2 unspecified atom stereocenters. The number of thiol groups is 1. The van der Waals surface area contributed by atoms with Crippen LogP contribution in [0.3, 0.4) is 0 Å². The van der Waals surface area contributed by atoms with Crippen LogP contribution in [-0.2, 0) is 0 Å². The van der Waals surface area contributed by atoms with Crippen molar-refractivity contribution in [3.05, 3.63) is 34.9 Å². The fraction of sp³-hybridized carbons (Fsp3) is 0.364. The van der Waals surface area contributed by atoms with E-state index < -0.39 is 35.4 Å². The molecule has 7 heteroatoms. The minimum atomic E-state index is -1.61. The number of halogens is 2. The van der Waals surface area contributed by atoms with Crippen LogP contribution in [0.5, 0.6) is 0 Å². The van der Waals surface area contributed by atoms with E-state index >= 15 is 0 Å². The minimum Gasteiger partial charge on any atom is -0.478 e. The number of hydrogen-bond acceptors (Lipinski definition) is 4. The van der Waals surface area contributed by atoms with E-state index in [0.717, 1.165) is 0 Å². The first-order valence-electron chi connectivity index (χ1n) is 5.07. The molecule has 18 heavy (non-hydrogen) atoms. The Bertz CT molecular complexity index is 453. The summed E-state index contributed by atoms with van der Waals surface area (Å²) in [5.74, 6) is -3.87. The van der Waals surface area contributed by atoms with Gasteiger partial charge in [0.05, 0.1) is 11.7 Å². The molecule has 0 saturated carbocycles. The molecule has 0 amide bonds. The van der Waals surface area contributed by atoms with E-state index in [1.807, 2.05) is 0 Å². The molecule has 0 aliphatic carbocycles. The molecule has 1 rings (SSSR count). The number of aliphatic hydroxyl groups is 2. The van der Waals surface area contributed by atoms with Gasteiger partial charge in [-0.1, -0.05) is 0 Å². The average molecular weight is 278 g/mol. The van der Waals surface area contributed by atoms with E-state index in [4.69, 9.17) is 5.11 Å². The molecule has 0 saturated heterocycles. The van der Waals surface area contributed by atoms with E-state index in [-0.39, 0.29) is 17.7 Å². The lowest BCUT2D eigenvalue weighted by atomic mass is 9.97.